The average Bonchev–Trinajstić information content (AvgIpc) is 2.07. The van der Waals surface area contributed by atoms with Crippen molar-refractivity contribution in [3.8, 4) is 5.75 Å². The summed E-state index contributed by atoms with van der Waals surface area (Å²) in [5.41, 5.74) is 8.69. The number of anilines is 1. The predicted molar refractivity (Wildman–Crippen MR) is 117 cm³/mol. The van der Waals surface area contributed by atoms with Crippen molar-refractivity contribution in [2.45, 2.75) is 13.8 Å². The Kier molecular flexibility index (Phi) is 9.31. The Morgan fingerprint density at radius 1 is 1.00 bits per heavy atom. The van der Waals surface area contributed by atoms with E-state index in [2.05, 4.69) is 99.9 Å². The SMILES string of the molecule is COc1cc(N)c(C)cc1C.[I][V]([I])([I])([I])[I]. The molecule has 0 fully saturated rings. The summed E-state index contributed by atoms with van der Waals surface area (Å²) in [4.78, 5) is 0. The normalized spacial score (nSPS) is 13.1. The van der Waals surface area contributed by atoms with Crippen LogP contribution in [0.4, 0.5) is 5.69 Å². The molecule has 2 N–H and O–H groups in total. The van der Waals surface area contributed by atoms with Crippen molar-refractivity contribution in [3.05, 3.63) is 23.3 Å². The van der Waals surface area contributed by atoms with Gasteiger partial charge >= 0.3 is 95.7 Å². The van der Waals surface area contributed by atoms with E-state index in [1.807, 2.05) is 26.0 Å². The van der Waals surface area contributed by atoms with E-state index >= 15 is 0 Å². The molecule has 0 spiro atoms. The Hall–Kier alpha value is 3.05. The Morgan fingerprint density at radius 2 is 1.41 bits per heavy atom. The molecule has 17 heavy (non-hydrogen) atoms. The van der Waals surface area contributed by atoms with Gasteiger partial charge in [-0.15, -0.1) is 0 Å². The van der Waals surface area contributed by atoms with E-state index in [9.17, 15) is 0 Å². The molecule has 0 atom stereocenters. The fourth-order valence-corrected chi connectivity index (χ4v) is 1.07. The van der Waals surface area contributed by atoms with Gasteiger partial charge in [0.1, 0.15) is 5.75 Å². The number of nitrogen functional groups attached to an aromatic ring is 1. The molecule has 2 nitrogen and oxygen atoms in total. The van der Waals surface area contributed by atoms with Crippen LogP contribution in [0.25, 0.3) is 0 Å². The van der Waals surface area contributed by atoms with Gasteiger partial charge in [-0.1, -0.05) is 6.07 Å². The molecular weight excluding hydrogens is 824 g/mol. The third-order valence-corrected chi connectivity index (χ3v) is 1.78. The Balaban J connectivity index is 0.000000366. The molecule has 0 saturated carbocycles. The van der Waals surface area contributed by atoms with E-state index < -0.39 is -4.17 Å². The molecule has 100 valence electrons. The number of hydrogen-bond donors (Lipinski definition) is 1. The van der Waals surface area contributed by atoms with Gasteiger partial charge in [-0.3, -0.25) is 0 Å². The predicted octanol–water partition coefficient (Wildman–Crippen LogP) is 6.32. The molecule has 0 aliphatic rings. The van der Waals surface area contributed by atoms with Gasteiger partial charge in [0.15, 0.2) is 0 Å². The number of halogens is 5. The van der Waals surface area contributed by atoms with Crippen LogP contribution in [-0.4, -0.2) is 7.11 Å². The zero-order valence-corrected chi connectivity index (χ0v) is 21.7. The second kappa shape index (κ2) is 7.89. The zero-order valence-electron chi connectivity index (χ0n) is 9.48. The third kappa shape index (κ3) is 12.5. The second-order valence-corrected chi connectivity index (χ2v) is 121. The summed E-state index contributed by atoms with van der Waals surface area (Å²) in [6.45, 7) is 3.99. The van der Waals surface area contributed by atoms with Gasteiger partial charge in [-0.25, -0.2) is 0 Å². The Morgan fingerprint density at radius 3 is 1.76 bits per heavy atom. The number of benzene rings is 1. The van der Waals surface area contributed by atoms with Gasteiger partial charge in [-0.05, 0) is 25.0 Å². The fourth-order valence-electron chi connectivity index (χ4n) is 1.07. The molecule has 0 aliphatic carbocycles. The van der Waals surface area contributed by atoms with E-state index in [-0.39, 0.29) is 0 Å². The van der Waals surface area contributed by atoms with Crippen LogP contribution >= 0.6 is 99.9 Å². The third-order valence-electron chi connectivity index (χ3n) is 1.78. The molecule has 0 aliphatic heterocycles. The molecule has 0 heterocycles. The van der Waals surface area contributed by atoms with Crippen molar-refractivity contribution >= 4 is 106 Å². The fraction of sp³-hybridized carbons (Fsp3) is 0.333. The molecular formula is C9H13I5NOV. The minimum absolute atomic E-state index is 0.785. The first-order chi connectivity index (χ1) is 7.38. The van der Waals surface area contributed by atoms with Crippen LogP contribution in [0.3, 0.4) is 0 Å². The van der Waals surface area contributed by atoms with Gasteiger partial charge < -0.3 is 10.5 Å². The standard InChI is InChI=1S/C9H13NO.5HI.V/c1-6-4-7(2)9(11-3)5-8(6)10;;;;;;/h4-5H,10H2,1-3H3;5*1H;/q;;;;;;+5/p-5. The summed E-state index contributed by atoms with van der Waals surface area (Å²) < 4.78 is 3.46. The molecule has 1 rings (SSSR count). The number of hydrogen-bond acceptors (Lipinski definition) is 2. The van der Waals surface area contributed by atoms with Crippen molar-refractivity contribution in [2.24, 2.45) is 0 Å². The maximum atomic E-state index is 5.69. The molecule has 0 saturated heterocycles. The Labute approximate surface area is 158 Å². The zero-order chi connectivity index (χ0) is 13.9. The summed E-state index contributed by atoms with van der Waals surface area (Å²) in [6, 6.07) is 3.87. The number of methoxy groups -OCH3 is 1. The van der Waals surface area contributed by atoms with Crippen LogP contribution in [0, 0.1) is 13.8 Å². The first kappa shape index (κ1) is 20.1. The summed E-state index contributed by atoms with van der Waals surface area (Å²) >= 11 is 12.7. The molecule has 1 aromatic rings. The topological polar surface area (TPSA) is 35.2 Å². The molecule has 0 radical (unpaired) electrons. The summed E-state index contributed by atoms with van der Waals surface area (Å²) in [5, 5.41) is 0. The maximum absolute atomic E-state index is 5.69. The van der Waals surface area contributed by atoms with Crippen molar-refractivity contribution in [2.75, 3.05) is 12.8 Å². The van der Waals surface area contributed by atoms with E-state index in [1.54, 1.807) is 7.11 Å². The van der Waals surface area contributed by atoms with E-state index in [4.69, 9.17) is 10.5 Å². The monoisotopic (exact) mass is 837 g/mol. The molecule has 1 aromatic carbocycles. The van der Waals surface area contributed by atoms with E-state index in [0.29, 0.717) is 0 Å². The van der Waals surface area contributed by atoms with Crippen LogP contribution in [0.2, 0.25) is 0 Å². The van der Waals surface area contributed by atoms with E-state index in [0.717, 1.165) is 22.6 Å². The molecule has 0 bridgehead atoms. The van der Waals surface area contributed by atoms with Gasteiger partial charge in [0.2, 0.25) is 0 Å². The number of aryl methyl sites for hydroxylation is 2. The average molecular weight is 837 g/mol. The molecule has 0 unspecified atom stereocenters. The van der Waals surface area contributed by atoms with Crippen LogP contribution in [0.5, 0.6) is 5.75 Å². The van der Waals surface area contributed by atoms with Crippen molar-refractivity contribution in [3.63, 3.8) is 0 Å². The molecule has 8 heteroatoms. The van der Waals surface area contributed by atoms with Crippen molar-refractivity contribution in [1.82, 2.24) is 0 Å². The van der Waals surface area contributed by atoms with Gasteiger partial charge in [0.05, 0.1) is 7.11 Å². The first-order valence-corrected chi connectivity index (χ1v) is 26.9. The van der Waals surface area contributed by atoms with Crippen LogP contribution < -0.4 is 10.5 Å². The number of ether oxygens (including phenoxy) is 1. The first-order valence-electron chi connectivity index (χ1n) is 4.40. The van der Waals surface area contributed by atoms with Crippen molar-refractivity contribution < 1.29 is 0.567 Å². The number of nitrogens with two attached hydrogens (primary N) is 1. The molecule has 0 amide bonds. The quantitative estimate of drug-likeness (QED) is 0.266. The van der Waals surface area contributed by atoms with Gasteiger partial charge in [-0.2, -0.15) is 0 Å². The minimum atomic E-state index is -1.64. The van der Waals surface area contributed by atoms with Gasteiger partial charge in [0.25, 0.3) is 0 Å². The molecule has 0 aromatic heterocycles. The van der Waals surface area contributed by atoms with Crippen LogP contribution in [0.15, 0.2) is 12.1 Å². The van der Waals surface area contributed by atoms with Crippen molar-refractivity contribution in [1.29, 1.82) is 0 Å². The number of rotatable bonds is 1. The van der Waals surface area contributed by atoms with E-state index in [1.165, 1.54) is 0 Å². The second-order valence-electron chi connectivity index (χ2n) is 3.32. The van der Waals surface area contributed by atoms with Crippen LogP contribution in [0.1, 0.15) is 11.1 Å². The van der Waals surface area contributed by atoms with Crippen LogP contribution in [-0.2, 0) is -4.17 Å². The van der Waals surface area contributed by atoms with Gasteiger partial charge in [0, 0.05) is 11.8 Å². The Bertz CT molecular complexity index is 385. The summed E-state index contributed by atoms with van der Waals surface area (Å²) in [6.07, 6.45) is 0. The summed E-state index contributed by atoms with van der Waals surface area (Å²) in [7, 11) is 1.65. The summed E-state index contributed by atoms with van der Waals surface area (Å²) in [5.74, 6) is 0.855.